The molecule has 1 aromatic carbocycles. The molecule has 0 radical (unpaired) electrons. The van der Waals surface area contributed by atoms with Crippen LogP contribution in [0.4, 0.5) is 0 Å². The van der Waals surface area contributed by atoms with Crippen molar-refractivity contribution in [1.29, 1.82) is 0 Å². The summed E-state index contributed by atoms with van der Waals surface area (Å²) in [6.45, 7) is 8.80. The second kappa shape index (κ2) is 7.50. The maximum atomic E-state index is 5.52. The van der Waals surface area contributed by atoms with Crippen LogP contribution in [0.25, 0.3) is 0 Å². The van der Waals surface area contributed by atoms with E-state index in [1.165, 1.54) is 5.56 Å². The second-order valence-corrected chi connectivity index (χ2v) is 5.73. The highest BCUT2D eigenvalue weighted by Gasteiger charge is 2.19. The third-order valence-electron chi connectivity index (χ3n) is 3.63. The third kappa shape index (κ3) is 4.69. The lowest BCUT2D eigenvalue weighted by molar-refractivity contribution is 0.189. The summed E-state index contributed by atoms with van der Waals surface area (Å²) in [5, 5.41) is 3.49. The van der Waals surface area contributed by atoms with Crippen molar-refractivity contribution in [3.63, 3.8) is 0 Å². The molecular formula is C16H28N2O2. The summed E-state index contributed by atoms with van der Waals surface area (Å²) in [4.78, 5) is 2.22. The standard InChI is InChI=1S/C16H28N2O2/c1-7-20-14-9-8-13(10-15(14)19-6)11-17-12-16(2,3)18(4)5/h8-10,17H,7,11-12H2,1-6H3. The Hall–Kier alpha value is -1.26. The lowest BCUT2D eigenvalue weighted by Gasteiger charge is -2.32. The summed E-state index contributed by atoms with van der Waals surface area (Å²) in [5.41, 5.74) is 1.33. The average molecular weight is 280 g/mol. The zero-order valence-corrected chi connectivity index (χ0v) is 13.6. The van der Waals surface area contributed by atoms with E-state index in [0.29, 0.717) is 6.61 Å². The number of rotatable bonds is 8. The van der Waals surface area contributed by atoms with Crippen molar-refractivity contribution in [3.05, 3.63) is 23.8 Å². The molecule has 0 aliphatic carbocycles. The second-order valence-electron chi connectivity index (χ2n) is 5.73. The number of methoxy groups -OCH3 is 1. The fourth-order valence-corrected chi connectivity index (χ4v) is 1.77. The fourth-order valence-electron chi connectivity index (χ4n) is 1.77. The number of nitrogens with zero attached hydrogens (tertiary/aromatic N) is 1. The van der Waals surface area contributed by atoms with Gasteiger partial charge in [0.2, 0.25) is 0 Å². The summed E-state index contributed by atoms with van der Waals surface area (Å²) in [6.07, 6.45) is 0. The van der Waals surface area contributed by atoms with E-state index in [-0.39, 0.29) is 5.54 Å². The lowest BCUT2D eigenvalue weighted by Crippen LogP contribution is -2.46. The molecule has 0 saturated heterocycles. The van der Waals surface area contributed by atoms with E-state index in [1.54, 1.807) is 7.11 Å². The van der Waals surface area contributed by atoms with E-state index in [0.717, 1.165) is 24.6 Å². The van der Waals surface area contributed by atoms with Crippen LogP contribution in [0.3, 0.4) is 0 Å². The van der Waals surface area contributed by atoms with Gasteiger partial charge in [0.1, 0.15) is 0 Å². The Morgan fingerprint density at radius 1 is 1.20 bits per heavy atom. The molecular weight excluding hydrogens is 252 g/mol. The van der Waals surface area contributed by atoms with Crippen LogP contribution in [0.1, 0.15) is 26.3 Å². The van der Waals surface area contributed by atoms with E-state index in [4.69, 9.17) is 9.47 Å². The van der Waals surface area contributed by atoms with E-state index in [9.17, 15) is 0 Å². The molecule has 0 fully saturated rings. The predicted molar refractivity (Wildman–Crippen MR) is 83.6 cm³/mol. The van der Waals surface area contributed by atoms with Crippen molar-refractivity contribution in [3.8, 4) is 11.5 Å². The van der Waals surface area contributed by atoms with E-state index >= 15 is 0 Å². The van der Waals surface area contributed by atoms with Crippen LogP contribution in [0.2, 0.25) is 0 Å². The molecule has 0 aliphatic rings. The maximum absolute atomic E-state index is 5.52. The van der Waals surface area contributed by atoms with Crippen molar-refractivity contribution in [2.45, 2.75) is 32.9 Å². The van der Waals surface area contributed by atoms with Gasteiger partial charge in [0.25, 0.3) is 0 Å². The number of nitrogens with one attached hydrogen (secondary N) is 1. The molecule has 0 spiro atoms. The first-order chi connectivity index (χ1) is 9.40. The summed E-state index contributed by atoms with van der Waals surface area (Å²) >= 11 is 0. The quantitative estimate of drug-likeness (QED) is 0.793. The van der Waals surface area contributed by atoms with Gasteiger partial charge in [-0.2, -0.15) is 0 Å². The Kier molecular flexibility index (Phi) is 6.30. The van der Waals surface area contributed by atoms with Gasteiger partial charge >= 0.3 is 0 Å². The average Bonchev–Trinajstić information content (AvgIpc) is 2.40. The summed E-state index contributed by atoms with van der Waals surface area (Å²) in [7, 11) is 5.87. The topological polar surface area (TPSA) is 33.7 Å². The molecule has 0 unspecified atom stereocenters. The molecule has 4 heteroatoms. The van der Waals surface area contributed by atoms with Gasteiger partial charge in [-0.25, -0.2) is 0 Å². The van der Waals surface area contributed by atoms with E-state index in [2.05, 4.69) is 44.2 Å². The SMILES string of the molecule is CCOc1ccc(CNCC(C)(C)N(C)C)cc1OC. The van der Waals surface area contributed by atoms with Gasteiger partial charge in [-0.3, -0.25) is 0 Å². The molecule has 0 amide bonds. The molecule has 1 rings (SSSR count). The molecule has 1 N–H and O–H groups in total. The van der Waals surface area contributed by atoms with Crippen LogP contribution in [0.15, 0.2) is 18.2 Å². The molecule has 0 atom stereocenters. The first-order valence-electron chi connectivity index (χ1n) is 7.08. The van der Waals surface area contributed by atoms with Crippen molar-refractivity contribution >= 4 is 0 Å². The fraction of sp³-hybridized carbons (Fsp3) is 0.625. The zero-order valence-electron chi connectivity index (χ0n) is 13.6. The maximum Gasteiger partial charge on any atom is 0.161 e. The normalized spacial score (nSPS) is 11.8. The Morgan fingerprint density at radius 2 is 1.90 bits per heavy atom. The van der Waals surface area contributed by atoms with Gasteiger partial charge in [0, 0.05) is 18.6 Å². The molecule has 0 aliphatic heterocycles. The first-order valence-corrected chi connectivity index (χ1v) is 7.08. The third-order valence-corrected chi connectivity index (χ3v) is 3.63. The molecule has 0 aromatic heterocycles. The molecule has 0 bridgehead atoms. The van der Waals surface area contributed by atoms with Crippen molar-refractivity contribution < 1.29 is 9.47 Å². The molecule has 114 valence electrons. The van der Waals surface area contributed by atoms with Crippen molar-refractivity contribution in [2.24, 2.45) is 0 Å². The summed E-state index contributed by atoms with van der Waals surface area (Å²) < 4.78 is 10.9. The molecule has 0 heterocycles. The molecule has 4 nitrogen and oxygen atoms in total. The number of benzene rings is 1. The molecule has 0 saturated carbocycles. The van der Waals surface area contributed by atoms with Gasteiger partial charge in [-0.05, 0) is 52.6 Å². The minimum Gasteiger partial charge on any atom is -0.493 e. The Morgan fingerprint density at radius 3 is 2.45 bits per heavy atom. The smallest absolute Gasteiger partial charge is 0.161 e. The van der Waals surface area contributed by atoms with E-state index in [1.807, 2.05) is 19.1 Å². The Balaban J connectivity index is 2.61. The van der Waals surface area contributed by atoms with Crippen LogP contribution in [0, 0.1) is 0 Å². The Bertz CT molecular complexity index is 417. The first kappa shape index (κ1) is 16.8. The number of likely N-dealkylation sites (N-methyl/N-ethyl adjacent to an activating group) is 1. The number of ether oxygens (including phenoxy) is 2. The van der Waals surface area contributed by atoms with Crippen LogP contribution in [-0.2, 0) is 6.54 Å². The van der Waals surface area contributed by atoms with Gasteiger partial charge in [0.15, 0.2) is 11.5 Å². The Labute approximate surface area is 123 Å². The minimum atomic E-state index is 0.134. The summed E-state index contributed by atoms with van der Waals surface area (Å²) in [6, 6.07) is 6.07. The monoisotopic (exact) mass is 280 g/mol. The van der Waals surface area contributed by atoms with Gasteiger partial charge in [0.05, 0.1) is 13.7 Å². The van der Waals surface area contributed by atoms with E-state index < -0.39 is 0 Å². The van der Waals surface area contributed by atoms with Gasteiger partial charge in [-0.15, -0.1) is 0 Å². The summed E-state index contributed by atoms with van der Waals surface area (Å²) in [5.74, 6) is 1.59. The highest BCUT2D eigenvalue weighted by atomic mass is 16.5. The van der Waals surface area contributed by atoms with Gasteiger partial charge in [-0.1, -0.05) is 6.07 Å². The van der Waals surface area contributed by atoms with Crippen LogP contribution in [-0.4, -0.2) is 44.8 Å². The number of hydrogen-bond donors (Lipinski definition) is 1. The predicted octanol–water partition coefficient (Wildman–Crippen LogP) is 2.52. The lowest BCUT2D eigenvalue weighted by atomic mass is 10.0. The minimum absolute atomic E-state index is 0.134. The zero-order chi connectivity index (χ0) is 15.2. The number of hydrogen-bond acceptors (Lipinski definition) is 4. The van der Waals surface area contributed by atoms with Crippen LogP contribution < -0.4 is 14.8 Å². The highest BCUT2D eigenvalue weighted by molar-refractivity contribution is 5.42. The van der Waals surface area contributed by atoms with Crippen LogP contribution in [0.5, 0.6) is 11.5 Å². The van der Waals surface area contributed by atoms with Crippen molar-refractivity contribution in [2.75, 3.05) is 34.4 Å². The molecule has 1 aromatic rings. The highest BCUT2D eigenvalue weighted by Crippen LogP contribution is 2.28. The van der Waals surface area contributed by atoms with Crippen LogP contribution >= 0.6 is 0 Å². The largest absolute Gasteiger partial charge is 0.493 e. The molecule has 20 heavy (non-hydrogen) atoms. The van der Waals surface area contributed by atoms with Crippen molar-refractivity contribution in [1.82, 2.24) is 10.2 Å². The van der Waals surface area contributed by atoms with Gasteiger partial charge < -0.3 is 19.7 Å².